The fraction of sp³-hybridized carbons (Fsp3) is 0.450. The average molecular weight is 843 g/mol. The Kier molecular flexibility index (Phi) is 12.3. The molecular weight excluding hydrogens is 796 g/mol. The molecule has 2 aliphatic heterocycles. The largest absolute Gasteiger partial charge is 0.453 e. The highest BCUT2D eigenvalue weighted by Gasteiger charge is 2.55. The Balaban J connectivity index is 1.16. The van der Waals surface area contributed by atoms with Crippen molar-refractivity contribution in [2.75, 3.05) is 34.4 Å². The number of ether oxygens (including phenoxy) is 4. The van der Waals surface area contributed by atoms with Crippen molar-refractivity contribution in [1.29, 1.82) is 0 Å². The minimum Gasteiger partial charge on any atom is -0.453 e. The normalized spacial score (nSPS) is 20.8. The summed E-state index contributed by atoms with van der Waals surface area (Å²) in [5, 5.41) is 2.38. The number of benzene rings is 2. The van der Waals surface area contributed by atoms with Crippen molar-refractivity contribution in [3.8, 4) is 33.6 Å². The van der Waals surface area contributed by atoms with Crippen molar-refractivity contribution in [3.05, 3.63) is 72.6 Å². The molecule has 2 aromatic carbocycles. The van der Waals surface area contributed by atoms with Crippen LogP contribution in [0, 0.1) is 0 Å². The maximum atomic E-state index is 14.9. The number of primary amides is 1. The highest BCUT2D eigenvalue weighted by molar-refractivity contribution is 5.89. The van der Waals surface area contributed by atoms with E-state index in [0.29, 0.717) is 22.5 Å². The van der Waals surface area contributed by atoms with Crippen LogP contribution in [0.2, 0.25) is 0 Å². The first-order valence-corrected chi connectivity index (χ1v) is 18.9. The fourth-order valence-corrected chi connectivity index (χ4v) is 7.44. The molecule has 4 heterocycles. The number of nitrogens with one attached hydrogen (secondary N) is 3. The van der Waals surface area contributed by atoms with Crippen LogP contribution in [0.15, 0.2) is 60.9 Å². The van der Waals surface area contributed by atoms with Crippen molar-refractivity contribution in [1.82, 2.24) is 35.1 Å². The third-order valence-corrected chi connectivity index (χ3v) is 11.0. The minimum atomic E-state index is -3.25. The van der Waals surface area contributed by atoms with Gasteiger partial charge in [-0.05, 0) is 31.9 Å². The van der Waals surface area contributed by atoms with E-state index in [-0.39, 0.29) is 11.6 Å². The van der Waals surface area contributed by atoms with Gasteiger partial charge in [-0.3, -0.25) is 9.59 Å². The van der Waals surface area contributed by atoms with Gasteiger partial charge in [-0.1, -0.05) is 48.5 Å². The van der Waals surface area contributed by atoms with Gasteiger partial charge in [-0.2, -0.15) is 0 Å². The summed E-state index contributed by atoms with van der Waals surface area (Å²) in [6.07, 6.45) is -2.32. The van der Waals surface area contributed by atoms with Gasteiger partial charge in [0.15, 0.2) is 0 Å². The summed E-state index contributed by atoms with van der Waals surface area (Å²) in [6, 6.07) is 11.1. The lowest BCUT2D eigenvalue weighted by molar-refractivity contribution is -0.164. The molecule has 0 spiro atoms. The van der Waals surface area contributed by atoms with E-state index in [4.69, 9.17) is 19.9 Å². The second-order valence-electron chi connectivity index (χ2n) is 15.0. The number of halogens is 4. The second-order valence-corrected chi connectivity index (χ2v) is 15.0. The molecule has 4 aromatic rings. The number of imidazole rings is 2. The van der Waals surface area contributed by atoms with E-state index >= 15 is 0 Å². The van der Waals surface area contributed by atoms with Crippen molar-refractivity contribution in [2.24, 2.45) is 5.73 Å². The molecule has 2 aromatic heterocycles. The Bertz CT molecular complexity index is 2200. The van der Waals surface area contributed by atoms with E-state index in [9.17, 15) is 36.7 Å². The van der Waals surface area contributed by atoms with Gasteiger partial charge in [-0.25, -0.2) is 37.1 Å². The van der Waals surface area contributed by atoms with Gasteiger partial charge in [-0.15, -0.1) is 0 Å². The molecule has 0 radical (unpaired) electrons. The number of aromatic amines is 2. The number of carbonyl (C=O) groups is 4. The number of likely N-dealkylation sites (tertiary alicyclic amines) is 2. The highest BCUT2D eigenvalue weighted by Crippen LogP contribution is 2.43. The number of amides is 4. The molecule has 16 nitrogen and oxygen atoms in total. The van der Waals surface area contributed by atoms with Crippen LogP contribution < -0.4 is 11.1 Å². The molecule has 6 rings (SSSR count). The molecule has 322 valence electrons. The summed E-state index contributed by atoms with van der Waals surface area (Å²) >= 11 is 0. The van der Waals surface area contributed by atoms with E-state index in [1.807, 2.05) is 36.4 Å². The Morgan fingerprint density at radius 1 is 0.783 bits per heavy atom. The van der Waals surface area contributed by atoms with Crippen molar-refractivity contribution < 1.29 is 55.7 Å². The summed E-state index contributed by atoms with van der Waals surface area (Å²) in [5.74, 6) is -7.87. The molecule has 60 heavy (non-hydrogen) atoms. The molecule has 2 fully saturated rings. The zero-order chi connectivity index (χ0) is 43.7. The monoisotopic (exact) mass is 842 g/mol. The van der Waals surface area contributed by atoms with Gasteiger partial charge in [0.2, 0.25) is 11.5 Å². The highest BCUT2D eigenvalue weighted by atomic mass is 19.3. The van der Waals surface area contributed by atoms with E-state index < -0.39 is 97.7 Å². The fourth-order valence-electron chi connectivity index (χ4n) is 7.44. The van der Waals surface area contributed by atoms with Gasteiger partial charge >= 0.3 is 12.2 Å². The van der Waals surface area contributed by atoms with Gasteiger partial charge in [0.05, 0.1) is 49.8 Å². The lowest BCUT2D eigenvalue weighted by Crippen LogP contribution is -2.57. The molecule has 6 atom stereocenters. The first kappa shape index (κ1) is 43.6. The number of alkyl halides is 4. The maximum absolute atomic E-state index is 14.9. The zero-order valence-electron chi connectivity index (χ0n) is 33.6. The number of rotatable bonds is 13. The molecule has 2 aliphatic rings. The quantitative estimate of drug-likeness (QED) is 0.123. The van der Waals surface area contributed by atoms with Crippen LogP contribution in [0.3, 0.4) is 0 Å². The van der Waals surface area contributed by atoms with Crippen LogP contribution in [0.4, 0.5) is 27.2 Å². The topological polar surface area (TPSA) is 207 Å². The summed E-state index contributed by atoms with van der Waals surface area (Å²) in [7, 11) is 3.74. The van der Waals surface area contributed by atoms with Gasteiger partial charge < -0.3 is 49.8 Å². The predicted octanol–water partition coefficient (Wildman–Crippen LogP) is 5.60. The third kappa shape index (κ3) is 8.93. The lowest BCUT2D eigenvalue weighted by atomic mass is 9.97. The third-order valence-electron chi connectivity index (χ3n) is 11.0. The van der Waals surface area contributed by atoms with Crippen molar-refractivity contribution >= 4 is 24.0 Å². The lowest BCUT2D eigenvalue weighted by Gasteiger charge is -2.36. The zero-order valence-corrected chi connectivity index (χ0v) is 33.6. The summed E-state index contributed by atoms with van der Waals surface area (Å²) < 4.78 is 79.5. The molecule has 0 unspecified atom stereocenters. The number of nitrogens with zero attached hydrogens (tertiary/aromatic N) is 4. The number of carbonyl (C=O) groups excluding carboxylic acids is 4. The van der Waals surface area contributed by atoms with Crippen LogP contribution in [-0.2, 0) is 28.5 Å². The number of alkyl carbamates (subject to hydrolysis) is 1. The van der Waals surface area contributed by atoms with Gasteiger partial charge in [0.25, 0.3) is 17.8 Å². The standard InChI is InChI=1S/C40H46F4N8O8/c1-21(57-4)31(50-37(56)59-6)34(53)51-19-39(41,42)15-29(51)32-46-17-27(48-32)25-11-7-23(8-12-25)24-9-13-26(14-10-24)28-18-47-33(49-28)30-16-40(43,44)20-52(30)35(54)38(3,22(2)58-5)60-36(45)55/h7-14,17-18,21-22,29-31H,15-16,19-20H2,1-6H3,(H2,45,55)(H,46,48)(H,47,49)(H,50,56)/t21-,22-,29+,30+,31+,38+/m1/s1. The van der Waals surface area contributed by atoms with E-state index in [1.54, 1.807) is 24.5 Å². The van der Waals surface area contributed by atoms with Crippen molar-refractivity contribution in [2.45, 2.75) is 81.4 Å². The molecular formula is C40H46F4N8O8. The number of methoxy groups -OCH3 is 3. The SMILES string of the molecule is COC(=O)N[C@H](C(=O)N1CC(F)(F)C[C@H]1c1nc(-c2ccc(-c3ccc(-c4c[nH]c([C@@H]5CC(F)(F)CN5C(=O)[C@@](C)(OC(N)=O)[C@@H](C)OC)n4)cc3)cc2)c[nH]1)[C@@H](C)OC. The maximum Gasteiger partial charge on any atom is 0.407 e. The molecule has 0 bridgehead atoms. The van der Waals surface area contributed by atoms with Crippen LogP contribution in [-0.4, -0.2) is 124 Å². The van der Waals surface area contributed by atoms with Gasteiger partial charge in [0.1, 0.15) is 23.8 Å². The Morgan fingerprint density at radius 2 is 1.23 bits per heavy atom. The Labute approximate surface area is 342 Å². The van der Waals surface area contributed by atoms with Gasteiger partial charge in [0, 0.05) is 50.6 Å². The minimum absolute atomic E-state index is 0.115. The molecule has 2 saturated heterocycles. The number of hydrogen-bond donors (Lipinski definition) is 4. The number of aromatic nitrogens is 4. The second kappa shape index (κ2) is 16.9. The molecule has 20 heteroatoms. The van der Waals surface area contributed by atoms with E-state index in [0.717, 1.165) is 28.0 Å². The average Bonchev–Trinajstić information content (AvgIpc) is 4.03. The first-order chi connectivity index (χ1) is 28.3. The van der Waals surface area contributed by atoms with E-state index in [1.165, 1.54) is 35.0 Å². The smallest absolute Gasteiger partial charge is 0.407 e. The molecule has 0 saturated carbocycles. The van der Waals surface area contributed by atoms with Crippen molar-refractivity contribution in [3.63, 3.8) is 0 Å². The Hall–Kier alpha value is -6.02. The summed E-state index contributed by atoms with van der Waals surface area (Å²) in [6.45, 7) is 2.44. The number of hydrogen-bond acceptors (Lipinski definition) is 10. The van der Waals surface area contributed by atoms with E-state index in [2.05, 4.69) is 30.0 Å². The molecule has 4 amide bonds. The number of H-pyrrole nitrogens is 2. The molecule has 0 aliphatic carbocycles. The first-order valence-electron chi connectivity index (χ1n) is 18.9. The number of nitrogens with two attached hydrogens (primary N) is 1. The predicted molar refractivity (Wildman–Crippen MR) is 206 cm³/mol. The summed E-state index contributed by atoms with van der Waals surface area (Å²) in [4.78, 5) is 67.8. The molecule has 5 N–H and O–H groups in total. The van der Waals surface area contributed by atoms with Crippen LogP contribution >= 0.6 is 0 Å². The summed E-state index contributed by atoms with van der Waals surface area (Å²) in [5.41, 5.74) is 7.13. The van der Waals surface area contributed by atoms with Crippen LogP contribution in [0.25, 0.3) is 33.6 Å². The Morgan fingerprint density at radius 3 is 1.67 bits per heavy atom. The van der Waals surface area contributed by atoms with Crippen LogP contribution in [0.1, 0.15) is 57.3 Å². The van der Waals surface area contributed by atoms with Crippen LogP contribution in [0.5, 0.6) is 0 Å².